The minimum atomic E-state index is -0.956. The van der Waals surface area contributed by atoms with E-state index in [1.165, 1.54) is 22.8 Å². The highest BCUT2D eigenvalue weighted by Gasteiger charge is 2.30. The largest absolute Gasteiger partial charge is 0.508 e. The van der Waals surface area contributed by atoms with Crippen LogP contribution in [0.4, 0.5) is 0 Å². The van der Waals surface area contributed by atoms with Gasteiger partial charge in [-0.3, -0.25) is 14.2 Å². The van der Waals surface area contributed by atoms with Gasteiger partial charge in [0.2, 0.25) is 0 Å². The van der Waals surface area contributed by atoms with Gasteiger partial charge in [-0.25, -0.2) is 0 Å². The molecule has 0 saturated heterocycles. The van der Waals surface area contributed by atoms with Gasteiger partial charge in [0.15, 0.2) is 0 Å². The van der Waals surface area contributed by atoms with Crippen LogP contribution in [0.15, 0.2) is 36.4 Å². The van der Waals surface area contributed by atoms with E-state index in [4.69, 9.17) is 23.2 Å². The number of phenolic OH excluding ortho intramolecular Hbond substituents is 1. The maximum absolute atomic E-state index is 13.4. The van der Waals surface area contributed by atoms with E-state index in [9.17, 15) is 19.8 Å². The van der Waals surface area contributed by atoms with Crippen molar-refractivity contribution in [2.24, 2.45) is 5.92 Å². The lowest BCUT2D eigenvalue weighted by Gasteiger charge is -2.17. The highest BCUT2D eigenvalue weighted by molar-refractivity contribution is 6.42. The molecule has 0 bridgehead atoms. The SMILES string of the molecule is CCC(C)C[C@@H](C(=O)O)c1c(C)n(C(=O)c2ccc(Cl)c(Cl)c2)c2ccc(O)cc12. The summed E-state index contributed by atoms with van der Waals surface area (Å²) in [6.45, 7) is 5.75. The van der Waals surface area contributed by atoms with Crippen molar-refractivity contribution in [2.75, 3.05) is 0 Å². The van der Waals surface area contributed by atoms with Gasteiger partial charge in [-0.2, -0.15) is 0 Å². The van der Waals surface area contributed by atoms with Crippen molar-refractivity contribution < 1.29 is 19.8 Å². The molecule has 0 aliphatic heterocycles. The number of carboxylic acids is 1. The molecule has 158 valence electrons. The number of carbonyl (C=O) groups is 2. The fourth-order valence-electron chi connectivity index (χ4n) is 3.80. The van der Waals surface area contributed by atoms with E-state index >= 15 is 0 Å². The third-order valence-electron chi connectivity index (χ3n) is 5.59. The summed E-state index contributed by atoms with van der Waals surface area (Å²) in [5, 5.41) is 21.2. The predicted octanol–water partition coefficient (Wildman–Crippen LogP) is 6.26. The molecule has 2 N–H and O–H groups in total. The van der Waals surface area contributed by atoms with Gasteiger partial charge in [0.1, 0.15) is 5.75 Å². The van der Waals surface area contributed by atoms with E-state index in [0.717, 1.165) is 6.42 Å². The number of nitrogens with zero attached hydrogens (tertiary/aromatic N) is 1. The highest BCUT2D eigenvalue weighted by atomic mass is 35.5. The molecule has 0 aliphatic carbocycles. The Labute approximate surface area is 184 Å². The Morgan fingerprint density at radius 3 is 2.40 bits per heavy atom. The summed E-state index contributed by atoms with van der Waals surface area (Å²) in [7, 11) is 0. The zero-order valence-corrected chi connectivity index (χ0v) is 18.5. The molecule has 2 aromatic carbocycles. The van der Waals surface area contributed by atoms with Crippen LogP contribution in [0, 0.1) is 12.8 Å². The summed E-state index contributed by atoms with van der Waals surface area (Å²) in [6, 6.07) is 9.24. The molecule has 0 radical (unpaired) electrons. The lowest BCUT2D eigenvalue weighted by molar-refractivity contribution is -0.139. The van der Waals surface area contributed by atoms with Crippen LogP contribution < -0.4 is 0 Å². The molecule has 2 atom stereocenters. The lowest BCUT2D eigenvalue weighted by atomic mass is 9.87. The summed E-state index contributed by atoms with van der Waals surface area (Å²) in [4.78, 5) is 25.5. The Hall–Kier alpha value is -2.50. The molecule has 0 fully saturated rings. The van der Waals surface area contributed by atoms with Crippen molar-refractivity contribution in [1.82, 2.24) is 4.57 Å². The second-order valence-corrected chi connectivity index (χ2v) is 8.42. The molecule has 1 unspecified atom stereocenters. The number of fused-ring (bicyclic) bond motifs is 1. The molecule has 5 nitrogen and oxygen atoms in total. The van der Waals surface area contributed by atoms with Crippen molar-refractivity contribution >= 4 is 46.0 Å². The first-order chi connectivity index (χ1) is 14.1. The van der Waals surface area contributed by atoms with Gasteiger partial charge in [-0.05, 0) is 61.2 Å². The zero-order chi connectivity index (χ0) is 22.2. The molecule has 0 aliphatic rings. The predicted molar refractivity (Wildman–Crippen MR) is 119 cm³/mol. The topological polar surface area (TPSA) is 79.5 Å². The molecule has 0 saturated carbocycles. The number of rotatable bonds is 6. The number of benzene rings is 2. The molecule has 3 rings (SSSR count). The van der Waals surface area contributed by atoms with Gasteiger partial charge in [0.05, 0.1) is 21.5 Å². The molecule has 0 spiro atoms. The molecular formula is C23H23Cl2NO4. The standard InChI is InChI=1S/C23H23Cl2NO4/c1-4-12(2)9-17(23(29)30)21-13(3)26(20-8-6-15(27)11-16(20)21)22(28)14-5-7-18(24)19(25)10-14/h5-8,10-12,17,27H,4,9H2,1-3H3,(H,29,30)/t12?,17-/m1/s1. The average Bonchev–Trinajstić information content (AvgIpc) is 2.98. The van der Waals surface area contributed by atoms with E-state index in [-0.39, 0.29) is 22.6 Å². The Kier molecular flexibility index (Phi) is 6.44. The van der Waals surface area contributed by atoms with E-state index < -0.39 is 11.9 Å². The number of carbonyl (C=O) groups excluding carboxylic acids is 1. The number of aromatic nitrogens is 1. The third kappa shape index (κ3) is 4.05. The number of hydrogen-bond donors (Lipinski definition) is 2. The fourth-order valence-corrected chi connectivity index (χ4v) is 4.10. The molecule has 1 aromatic heterocycles. The third-order valence-corrected chi connectivity index (χ3v) is 6.33. The molecule has 0 amide bonds. The monoisotopic (exact) mass is 447 g/mol. The average molecular weight is 448 g/mol. The quantitative estimate of drug-likeness (QED) is 0.467. The summed E-state index contributed by atoms with van der Waals surface area (Å²) in [5.41, 5.74) is 1.94. The maximum atomic E-state index is 13.4. The van der Waals surface area contributed by atoms with Crippen LogP contribution in [0.25, 0.3) is 10.9 Å². The maximum Gasteiger partial charge on any atom is 0.311 e. The Balaban J connectivity index is 2.26. The summed E-state index contributed by atoms with van der Waals surface area (Å²) in [5.74, 6) is -1.90. The first kappa shape index (κ1) is 22.2. The molecule has 1 heterocycles. The highest BCUT2D eigenvalue weighted by Crippen LogP contribution is 2.38. The van der Waals surface area contributed by atoms with E-state index in [0.29, 0.717) is 39.2 Å². The van der Waals surface area contributed by atoms with Crippen LogP contribution in [-0.4, -0.2) is 26.7 Å². The zero-order valence-electron chi connectivity index (χ0n) is 16.9. The van der Waals surface area contributed by atoms with Crippen LogP contribution in [0.5, 0.6) is 5.75 Å². The van der Waals surface area contributed by atoms with Gasteiger partial charge in [0.25, 0.3) is 5.91 Å². The van der Waals surface area contributed by atoms with Crippen molar-refractivity contribution in [3.8, 4) is 5.75 Å². The van der Waals surface area contributed by atoms with Crippen LogP contribution in [0.2, 0.25) is 10.0 Å². The first-order valence-electron chi connectivity index (χ1n) is 9.72. The first-order valence-corrected chi connectivity index (χ1v) is 10.5. The molecule has 7 heteroatoms. The fraction of sp³-hybridized carbons (Fsp3) is 0.304. The van der Waals surface area contributed by atoms with Gasteiger partial charge in [-0.1, -0.05) is 43.5 Å². The van der Waals surface area contributed by atoms with Crippen molar-refractivity contribution in [3.63, 3.8) is 0 Å². The second-order valence-electron chi connectivity index (χ2n) is 7.61. The number of hydrogen-bond acceptors (Lipinski definition) is 3. The smallest absolute Gasteiger partial charge is 0.311 e. The Morgan fingerprint density at radius 2 is 1.80 bits per heavy atom. The number of halogens is 2. The van der Waals surface area contributed by atoms with Crippen LogP contribution in [-0.2, 0) is 4.79 Å². The number of aliphatic carboxylic acids is 1. The number of phenols is 1. The number of aromatic hydroxyl groups is 1. The normalized spacial score (nSPS) is 13.4. The van der Waals surface area contributed by atoms with Crippen LogP contribution in [0.3, 0.4) is 0 Å². The summed E-state index contributed by atoms with van der Waals surface area (Å²) >= 11 is 12.1. The van der Waals surface area contributed by atoms with Crippen LogP contribution in [0.1, 0.15) is 54.2 Å². The van der Waals surface area contributed by atoms with E-state index in [1.807, 2.05) is 13.8 Å². The summed E-state index contributed by atoms with van der Waals surface area (Å²) in [6.07, 6.45) is 1.28. The Morgan fingerprint density at radius 1 is 1.10 bits per heavy atom. The van der Waals surface area contributed by atoms with Crippen molar-refractivity contribution in [3.05, 3.63) is 63.3 Å². The van der Waals surface area contributed by atoms with Crippen LogP contribution >= 0.6 is 23.2 Å². The van der Waals surface area contributed by atoms with Crippen molar-refractivity contribution in [1.29, 1.82) is 0 Å². The number of carboxylic acid groups (broad SMARTS) is 1. The molecule has 3 aromatic rings. The van der Waals surface area contributed by atoms with Gasteiger partial charge < -0.3 is 10.2 Å². The minimum Gasteiger partial charge on any atom is -0.508 e. The second kappa shape index (κ2) is 8.70. The molecular weight excluding hydrogens is 425 g/mol. The molecule has 30 heavy (non-hydrogen) atoms. The van der Waals surface area contributed by atoms with Gasteiger partial charge in [-0.15, -0.1) is 0 Å². The van der Waals surface area contributed by atoms with E-state index in [1.54, 1.807) is 25.1 Å². The lowest BCUT2D eigenvalue weighted by Crippen LogP contribution is -2.18. The minimum absolute atomic E-state index is 0.00978. The van der Waals surface area contributed by atoms with E-state index in [2.05, 4.69) is 0 Å². The van der Waals surface area contributed by atoms with Gasteiger partial charge in [0, 0.05) is 16.6 Å². The summed E-state index contributed by atoms with van der Waals surface area (Å²) < 4.78 is 1.48. The van der Waals surface area contributed by atoms with Crippen molar-refractivity contribution in [2.45, 2.75) is 39.5 Å². The van der Waals surface area contributed by atoms with Gasteiger partial charge >= 0.3 is 5.97 Å². The Bertz CT molecular complexity index is 1140.